The number of alkyl carbamates (subject to hydrolysis) is 1. The second-order valence-electron chi connectivity index (χ2n) is 12.7. The number of nitrogens with one attached hydrogen (secondary N) is 3. The second-order valence-corrected chi connectivity index (χ2v) is 12.7. The van der Waals surface area contributed by atoms with E-state index in [2.05, 4.69) is 16.0 Å². The van der Waals surface area contributed by atoms with Crippen molar-refractivity contribution in [2.75, 3.05) is 6.54 Å². The maximum absolute atomic E-state index is 13.8. The smallest absolute Gasteiger partial charge is 0.407 e. The van der Waals surface area contributed by atoms with Crippen LogP contribution in [0.2, 0.25) is 0 Å². The number of rotatable bonds is 14. The number of aliphatic hydroxyl groups is 2. The summed E-state index contributed by atoms with van der Waals surface area (Å²) in [6.45, 7) is 8.02. The first-order valence-corrected chi connectivity index (χ1v) is 16.3. The van der Waals surface area contributed by atoms with Gasteiger partial charge in [0.05, 0.1) is 12.1 Å². The maximum Gasteiger partial charge on any atom is 0.407 e. The molecule has 0 saturated carbocycles. The Kier molecular flexibility index (Phi) is 12.8. The Balaban J connectivity index is 1.52. The topological polar surface area (TPSA) is 140 Å². The Morgan fingerprint density at radius 3 is 2.09 bits per heavy atom. The van der Waals surface area contributed by atoms with Crippen molar-refractivity contribution in [3.05, 3.63) is 107 Å². The minimum atomic E-state index is -1.05. The van der Waals surface area contributed by atoms with Crippen molar-refractivity contribution < 1.29 is 29.3 Å². The Hall–Kier alpha value is -4.41. The van der Waals surface area contributed by atoms with Crippen LogP contribution < -0.4 is 16.0 Å². The van der Waals surface area contributed by atoms with Gasteiger partial charge in [-0.25, -0.2) is 9.59 Å². The third-order valence-corrected chi connectivity index (χ3v) is 8.69. The van der Waals surface area contributed by atoms with Gasteiger partial charge < -0.3 is 35.8 Å². The Bertz CT molecular complexity index is 1450. The zero-order chi connectivity index (χ0) is 33.9. The molecule has 1 unspecified atom stereocenters. The molecule has 0 aliphatic carbocycles. The SMILES string of the molecule is Cc1cccc(C)c1COC(=O)N[C@@H](Cc1ccccc1)[C@@H](O)C[C@H](Cc1ccccc1)NC(=O)[C@H](C(C)C)N1CCC(O)NC1=O. The van der Waals surface area contributed by atoms with E-state index in [1.54, 1.807) is 0 Å². The molecule has 5 N–H and O–H groups in total. The molecule has 0 radical (unpaired) electrons. The number of nitrogens with zero attached hydrogens (tertiary/aromatic N) is 1. The minimum Gasteiger partial charge on any atom is -0.445 e. The lowest BCUT2D eigenvalue weighted by molar-refractivity contribution is -0.128. The van der Waals surface area contributed by atoms with E-state index >= 15 is 0 Å². The molecule has 0 spiro atoms. The predicted molar refractivity (Wildman–Crippen MR) is 180 cm³/mol. The van der Waals surface area contributed by atoms with Gasteiger partial charge in [0.15, 0.2) is 0 Å². The highest BCUT2D eigenvalue weighted by molar-refractivity contribution is 5.88. The lowest BCUT2D eigenvalue weighted by atomic mass is 9.93. The van der Waals surface area contributed by atoms with Gasteiger partial charge in [-0.05, 0) is 66.8 Å². The van der Waals surface area contributed by atoms with E-state index in [4.69, 9.17) is 4.74 Å². The summed E-state index contributed by atoms with van der Waals surface area (Å²) in [5.41, 5.74) is 4.87. The lowest BCUT2D eigenvalue weighted by Gasteiger charge is -2.38. The molecular formula is C37H48N4O6. The fourth-order valence-electron chi connectivity index (χ4n) is 6.12. The van der Waals surface area contributed by atoms with Gasteiger partial charge in [-0.3, -0.25) is 4.79 Å². The van der Waals surface area contributed by atoms with Gasteiger partial charge in [0.1, 0.15) is 18.9 Å². The maximum atomic E-state index is 13.8. The molecule has 10 nitrogen and oxygen atoms in total. The monoisotopic (exact) mass is 644 g/mol. The standard InChI is InChI=1S/C37H48N4O6/c1-24(2)34(41-19-18-33(43)40-36(41)45)35(44)38-29(20-27-14-7-5-8-15-27)22-32(42)31(21-28-16-9-6-10-17-28)39-37(46)47-23-30-25(3)12-11-13-26(30)4/h5-17,24,29,31-34,42-43H,18-23H2,1-4H3,(H,38,44)(H,39,46)(H,40,45)/t29-,31-,32-,33?,34-/m0/s1. The number of carbonyl (C=O) groups is 3. The van der Waals surface area contributed by atoms with Crippen LogP contribution in [0, 0.1) is 19.8 Å². The van der Waals surface area contributed by atoms with Crippen LogP contribution in [-0.2, 0) is 29.0 Å². The molecule has 1 fully saturated rings. The number of amides is 4. The fraction of sp³-hybridized carbons (Fsp3) is 0.432. The number of benzene rings is 3. The molecule has 47 heavy (non-hydrogen) atoms. The van der Waals surface area contributed by atoms with Gasteiger partial charge in [-0.2, -0.15) is 0 Å². The molecule has 0 bridgehead atoms. The van der Waals surface area contributed by atoms with Crippen LogP contribution in [0.15, 0.2) is 78.9 Å². The van der Waals surface area contributed by atoms with Crippen LogP contribution in [-0.4, -0.2) is 70.1 Å². The van der Waals surface area contributed by atoms with Gasteiger partial charge in [0.25, 0.3) is 0 Å². The predicted octanol–water partition coefficient (Wildman–Crippen LogP) is 4.38. The van der Waals surface area contributed by atoms with E-state index < -0.39 is 42.6 Å². The molecule has 252 valence electrons. The van der Waals surface area contributed by atoms with Crippen molar-refractivity contribution in [3.63, 3.8) is 0 Å². The molecule has 4 amide bonds. The average molecular weight is 645 g/mol. The number of hydrogen-bond acceptors (Lipinski definition) is 6. The summed E-state index contributed by atoms with van der Waals surface area (Å²) in [5, 5.41) is 30.1. The van der Waals surface area contributed by atoms with Crippen molar-refractivity contribution in [3.8, 4) is 0 Å². The van der Waals surface area contributed by atoms with Gasteiger partial charge in [-0.15, -0.1) is 0 Å². The highest BCUT2D eigenvalue weighted by atomic mass is 16.5. The molecule has 1 heterocycles. The van der Waals surface area contributed by atoms with E-state index in [9.17, 15) is 24.6 Å². The normalized spacial score (nSPS) is 17.3. The van der Waals surface area contributed by atoms with Crippen LogP contribution >= 0.6 is 0 Å². The van der Waals surface area contributed by atoms with Crippen molar-refractivity contribution in [1.29, 1.82) is 0 Å². The van der Waals surface area contributed by atoms with Crippen LogP contribution in [0.4, 0.5) is 9.59 Å². The van der Waals surface area contributed by atoms with E-state index in [0.717, 1.165) is 27.8 Å². The van der Waals surface area contributed by atoms with E-state index in [-0.39, 0.29) is 31.4 Å². The summed E-state index contributed by atoms with van der Waals surface area (Å²) >= 11 is 0. The number of ether oxygens (including phenoxy) is 1. The number of aryl methyl sites for hydroxylation is 2. The van der Waals surface area contributed by atoms with Crippen LogP contribution in [0.5, 0.6) is 0 Å². The minimum absolute atomic E-state index is 0.100. The first-order chi connectivity index (χ1) is 22.5. The first-order valence-electron chi connectivity index (χ1n) is 16.3. The van der Waals surface area contributed by atoms with Crippen LogP contribution in [0.3, 0.4) is 0 Å². The largest absolute Gasteiger partial charge is 0.445 e. The van der Waals surface area contributed by atoms with Crippen molar-refractivity contribution in [2.45, 2.75) is 90.4 Å². The number of urea groups is 1. The first kappa shape index (κ1) is 35.4. The van der Waals surface area contributed by atoms with Gasteiger partial charge >= 0.3 is 12.1 Å². The molecule has 3 aromatic carbocycles. The summed E-state index contributed by atoms with van der Waals surface area (Å²) in [6.07, 6.45) is -1.44. The molecule has 1 aliphatic rings. The van der Waals surface area contributed by atoms with E-state index in [0.29, 0.717) is 19.3 Å². The molecule has 0 aromatic heterocycles. The van der Waals surface area contributed by atoms with Gasteiger partial charge in [0.2, 0.25) is 5.91 Å². The molecule has 4 rings (SSSR count). The number of aliphatic hydroxyl groups excluding tert-OH is 2. The third-order valence-electron chi connectivity index (χ3n) is 8.69. The highest BCUT2D eigenvalue weighted by Crippen LogP contribution is 2.19. The number of carbonyl (C=O) groups excluding carboxylic acids is 3. The summed E-state index contributed by atoms with van der Waals surface area (Å²) in [5.74, 6) is -0.558. The summed E-state index contributed by atoms with van der Waals surface area (Å²) in [6, 6.07) is 22.6. The van der Waals surface area contributed by atoms with E-state index in [1.807, 2.05) is 107 Å². The highest BCUT2D eigenvalue weighted by Gasteiger charge is 2.37. The van der Waals surface area contributed by atoms with Crippen LogP contribution in [0.1, 0.15) is 54.5 Å². The molecular weight excluding hydrogens is 596 g/mol. The van der Waals surface area contributed by atoms with Crippen molar-refractivity contribution in [1.82, 2.24) is 20.9 Å². The summed E-state index contributed by atoms with van der Waals surface area (Å²) in [4.78, 5) is 41.1. The Morgan fingerprint density at radius 2 is 1.51 bits per heavy atom. The fourth-order valence-corrected chi connectivity index (χ4v) is 6.12. The van der Waals surface area contributed by atoms with E-state index in [1.165, 1.54) is 4.90 Å². The Morgan fingerprint density at radius 1 is 0.915 bits per heavy atom. The molecule has 10 heteroatoms. The lowest BCUT2D eigenvalue weighted by Crippen LogP contribution is -2.61. The average Bonchev–Trinajstić information content (AvgIpc) is 3.02. The molecule has 5 atom stereocenters. The van der Waals surface area contributed by atoms with Crippen LogP contribution in [0.25, 0.3) is 0 Å². The number of hydrogen-bond donors (Lipinski definition) is 5. The van der Waals surface area contributed by atoms with Crippen molar-refractivity contribution >= 4 is 18.0 Å². The van der Waals surface area contributed by atoms with Gasteiger partial charge in [0, 0.05) is 19.0 Å². The quantitative estimate of drug-likeness (QED) is 0.177. The molecule has 3 aromatic rings. The zero-order valence-electron chi connectivity index (χ0n) is 27.7. The third kappa shape index (κ3) is 10.3. The zero-order valence-corrected chi connectivity index (χ0v) is 27.7. The summed E-state index contributed by atoms with van der Waals surface area (Å²) in [7, 11) is 0. The van der Waals surface area contributed by atoms with Crippen molar-refractivity contribution in [2.24, 2.45) is 5.92 Å². The van der Waals surface area contributed by atoms with Gasteiger partial charge in [-0.1, -0.05) is 92.7 Å². The Labute approximate surface area is 277 Å². The molecule has 1 aliphatic heterocycles. The second kappa shape index (κ2) is 16.9. The molecule has 1 saturated heterocycles. The summed E-state index contributed by atoms with van der Waals surface area (Å²) < 4.78 is 5.62.